The molecule has 3 aromatic heterocycles. The number of pyridine rings is 2. The molecular formula is C27H29BrClN5O2. The van der Waals surface area contributed by atoms with Crippen molar-refractivity contribution in [2.45, 2.75) is 45.6 Å². The summed E-state index contributed by atoms with van der Waals surface area (Å²) in [5.74, 6) is 0.487. The van der Waals surface area contributed by atoms with Crippen LogP contribution in [0.1, 0.15) is 52.1 Å². The number of hydrogen-bond acceptors (Lipinski definition) is 6. The fourth-order valence-corrected chi connectivity index (χ4v) is 5.83. The van der Waals surface area contributed by atoms with Gasteiger partial charge >= 0.3 is 0 Å². The Balaban J connectivity index is 1.27. The van der Waals surface area contributed by atoms with E-state index in [1.54, 1.807) is 23.1 Å². The highest BCUT2D eigenvalue weighted by molar-refractivity contribution is 9.10. The molecule has 3 aromatic rings. The third kappa shape index (κ3) is 5.32. The van der Waals surface area contributed by atoms with Gasteiger partial charge in [0.1, 0.15) is 0 Å². The van der Waals surface area contributed by atoms with Crippen LogP contribution < -0.4 is 0 Å². The molecule has 1 atom stereocenters. The van der Waals surface area contributed by atoms with Gasteiger partial charge in [0.2, 0.25) is 0 Å². The van der Waals surface area contributed by atoms with Crippen LogP contribution in [-0.2, 0) is 11.2 Å². The third-order valence-electron chi connectivity index (χ3n) is 7.05. The first kappa shape index (κ1) is 25.3. The molecule has 1 unspecified atom stereocenters. The average Bonchev–Trinajstić information content (AvgIpc) is 3.26. The molecule has 0 saturated carbocycles. The molecule has 2 aliphatic rings. The van der Waals surface area contributed by atoms with Crippen molar-refractivity contribution in [3.05, 3.63) is 74.4 Å². The van der Waals surface area contributed by atoms with Crippen molar-refractivity contribution in [1.29, 1.82) is 0 Å². The van der Waals surface area contributed by atoms with Crippen LogP contribution in [0.3, 0.4) is 0 Å². The second-order valence-electron chi connectivity index (χ2n) is 9.43. The van der Waals surface area contributed by atoms with Gasteiger partial charge in [0, 0.05) is 42.4 Å². The van der Waals surface area contributed by atoms with E-state index < -0.39 is 0 Å². The number of aryl methyl sites for hydroxylation is 1. The summed E-state index contributed by atoms with van der Waals surface area (Å²) in [6.07, 6.45) is 10.9. The molecule has 0 spiro atoms. The molecular weight excluding hydrogens is 542 g/mol. The SMILES string of the molecule is Cc1cc(CC(=O)c2cnn(-c3ncc(Br)cc3Cl)c2C)cnc1C1=CCC(N2CCOCC2)CC1. The number of carbonyl (C=O) groups is 1. The van der Waals surface area contributed by atoms with Crippen LogP contribution in [0.15, 0.2) is 41.3 Å². The molecule has 0 N–H and O–H groups in total. The summed E-state index contributed by atoms with van der Waals surface area (Å²) in [4.78, 5) is 24.8. The summed E-state index contributed by atoms with van der Waals surface area (Å²) in [6.45, 7) is 7.66. The van der Waals surface area contributed by atoms with Crippen molar-refractivity contribution in [2.24, 2.45) is 0 Å². The number of nitrogens with zero attached hydrogens (tertiary/aromatic N) is 5. The molecule has 0 radical (unpaired) electrons. The number of halogens is 2. The zero-order chi connectivity index (χ0) is 25.2. The topological polar surface area (TPSA) is 73.1 Å². The molecule has 0 bridgehead atoms. The Bertz CT molecular complexity index is 1320. The van der Waals surface area contributed by atoms with Gasteiger partial charge in [-0.15, -0.1) is 0 Å². The zero-order valence-electron chi connectivity index (χ0n) is 20.5. The fourth-order valence-electron chi connectivity index (χ4n) is 5.12. The Labute approximate surface area is 224 Å². The Hall–Kier alpha value is -2.39. The van der Waals surface area contributed by atoms with Crippen LogP contribution in [0.4, 0.5) is 0 Å². The lowest BCUT2D eigenvalue weighted by Crippen LogP contribution is -2.43. The normalized spacial score (nSPS) is 18.8. The molecule has 1 saturated heterocycles. The van der Waals surface area contributed by atoms with E-state index in [-0.39, 0.29) is 12.2 Å². The van der Waals surface area contributed by atoms with Crippen LogP contribution in [0.5, 0.6) is 0 Å². The number of ketones is 1. The van der Waals surface area contributed by atoms with E-state index in [4.69, 9.17) is 21.3 Å². The van der Waals surface area contributed by atoms with Crippen LogP contribution in [-0.4, -0.2) is 62.8 Å². The number of allylic oxidation sites excluding steroid dienone is 1. The van der Waals surface area contributed by atoms with Crippen LogP contribution in [0.2, 0.25) is 5.02 Å². The lowest BCUT2D eigenvalue weighted by molar-refractivity contribution is 0.0150. The predicted octanol–water partition coefficient (Wildman–Crippen LogP) is 5.39. The minimum absolute atomic E-state index is 0.00818. The van der Waals surface area contributed by atoms with E-state index in [9.17, 15) is 4.79 Å². The van der Waals surface area contributed by atoms with E-state index in [1.165, 1.54) is 5.57 Å². The first-order chi connectivity index (χ1) is 17.4. The van der Waals surface area contributed by atoms with Crippen molar-refractivity contribution in [3.8, 4) is 5.82 Å². The van der Waals surface area contributed by atoms with Gasteiger partial charge in [-0.05, 0) is 71.8 Å². The molecule has 0 aromatic carbocycles. The van der Waals surface area contributed by atoms with Crippen molar-refractivity contribution in [1.82, 2.24) is 24.6 Å². The molecule has 4 heterocycles. The van der Waals surface area contributed by atoms with Gasteiger partial charge in [0.15, 0.2) is 11.6 Å². The Kier molecular flexibility index (Phi) is 7.67. The number of carbonyl (C=O) groups excluding carboxylic acids is 1. The number of rotatable bonds is 6. The zero-order valence-corrected chi connectivity index (χ0v) is 22.8. The summed E-state index contributed by atoms with van der Waals surface area (Å²) in [5, 5.41) is 4.83. The standard InChI is InChI=1S/C27H29BrClN5O2/c1-17-11-19(14-30-26(17)20-3-5-22(6-4-20)33-7-9-36-10-8-33)12-25(35)23-16-32-34(18(23)2)27-24(29)13-21(28)15-31-27/h3,11,13-16,22H,4-10,12H2,1-2H3. The predicted molar refractivity (Wildman–Crippen MR) is 144 cm³/mol. The highest BCUT2D eigenvalue weighted by Gasteiger charge is 2.24. The van der Waals surface area contributed by atoms with Gasteiger partial charge in [0.05, 0.1) is 41.4 Å². The van der Waals surface area contributed by atoms with Crippen molar-refractivity contribution >= 4 is 38.9 Å². The number of hydrogen-bond donors (Lipinski definition) is 0. The largest absolute Gasteiger partial charge is 0.379 e. The van der Waals surface area contributed by atoms with Gasteiger partial charge in [0.25, 0.3) is 0 Å². The highest BCUT2D eigenvalue weighted by Crippen LogP contribution is 2.31. The summed E-state index contributed by atoms with van der Waals surface area (Å²) < 4.78 is 7.88. The van der Waals surface area contributed by atoms with E-state index in [0.29, 0.717) is 28.1 Å². The summed E-state index contributed by atoms with van der Waals surface area (Å²) in [5.41, 5.74) is 5.63. The van der Waals surface area contributed by atoms with E-state index in [0.717, 1.165) is 66.9 Å². The van der Waals surface area contributed by atoms with Gasteiger partial charge in [-0.1, -0.05) is 23.7 Å². The lowest BCUT2D eigenvalue weighted by Gasteiger charge is -2.36. The summed E-state index contributed by atoms with van der Waals surface area (Å²) in [6, 6.07) is 4.44. The van der Waals surface area contributed by atoms with E-state index in [1.807, 2.05) is 13.1 Å². The Morgan fingerprint density at radius 2 is 1.97 bits per heavy atom. The molecule has 188 valence electrons. The number of ether oxygens (including phenoxy) is 1. The fraction of sp³-hybridized carbons (Fsp3) is 0.407. The number of morpholine rings is 1. The Morgan fingerprint density at radius 3 is 2.67 bits per heavy atom. The van der Waals surface area contributed by atoms with Crippen LogP contribution in [0, 0.1) is 13.8 Å². The second kappa shape index (κ2) is 10.9. The second-order valence-corrected chi connectivity index (χ2v) is 10.8. The highest BCUT2D eigenvalue weighted by atomic mass is 79.9. The van der Waals surface area contributed by atoms with Crippen LogP contribution >= 0.6 is 27.5 Å². The Morgan fingerprint density at radius 1 is 1.17 bits per heavy atom. The minimum atomic E-state index is -0.00818. The van der Waals surface area contributed by atoms with Gasteiger partial charge < -0.3 is 4.74 Å². The molecule has 9 heteroatoms. The molecule has 7 nitrogen and oxygen atoms in total. The smallest absolute Gasteiger partial charge is 0.172 e. The van der Waals surface area contributed by atoms with Crippen molar-refractivity contribution in [3.63, 3.8) is 0 Å². The molecule has 1 aliphatic heterocycles. The third-order valence-corrected chi connectivity index (χ3v) is 7.76. The maximum absolute atomic E-state index is 13.1. The summed E-state index contributed by atoms with van der Waals surface area (Å²) >= 11 is 9.70. The first-order valence-electron chi connectivity index (χ1n) is 12.3. The summed E-state index contributed by atoms with van der Waals surface area (Å²) in [7, 11) is 0. The van der Waals surface area contributed by atoms with E-state index in [2.05, 4.69) is 50.0 Å². The number of Topliss-reactive ketones (excluding diaryl/α,β-unsaturated/α-hetero) is 1. The number of aromatic nitrogens is 4. The molecule has 0 amide bonds. The molecule has 1 fully saturated rings. The lowest BCUT2D eigenvalue weighted by atomic mass is 9.90. The van der Waals surface area contributed by atoms with Crippen molar-refractivity contribution < 1.29 is 9.53 Å². The van der Waals surface area contributed by atoms with Crippen molar-refractivity contribution in [2.75, 3.05) is 26.3 Å². The molecule has 1 aliphatic carbocycles. The minimum Gasteiger partial charge on any atom is -0.379 e. The quantitative estimate of drug-likeness (QED) is 0.370. The molecule has 36 heavy (non-hydrogen) atoms. The average molecular weight is 571 g/mol. The van der Waals surface area contributed by atoms with Gasteiger partial charge in [-0.3, -0.25) is 14.7 Å². The van der Waals surface area contributed by atoms with Crippen LogP contribution in [0.25, 0.3) is 11.4 Å². The van der Waals surface area contributed by atoms with E-state index >= 15 is 0 Å². The van der Waals surface area contributed by atoms with Gasteiger partial charge in [-0.2, -0.15) is 5.10 Å². The first-order valence-corrected chi connectivity index (χ1v) is 13.4. The molecule has 5 rings (SSSR count). The maximum Gasteiger partial charge on any atom is 0.172 e. The maximum atomic E-state index is 13.1. The van der Waals surface area contributed by atoms with Gasteiger partial charge in [-0.25, -0.2) is 9.67 Å². The monoisotopic (exact) mass is 569 g/mol.